The van der Waals surface area contributed by atoms with Gasteiger partial charge in [0.2, 0.25) is 5.91 Å². The van der Waals surface area contributed by atoms with Gasteiger partial charge in [-0.1, -0.05) is 29.8 Å². The third kappa shape index (κ3) is 6.59. The van der Waals surface area contributed by atoms with Crippen LogP contribution in [0, 0.1) is 5.92 Å². The van der Waals surface area contributed by atoms with Crippen LogP contribution in [0.3, 0.4) is 0 Å². The van der Waals surface area contributed by atoms with Crippen LogP contribution in [0.5, 0.6) is 5.75 Å². The van der Waals surface area contributed by atoms with Crippen molar-refractivity contribution in [2.75, 3.05) is 13.1 Å². The van der Waals surface area contributed by atoms with E-state index < -0.39 is 0 Å². The SMILES string of the molecule is CC(C)CNC(=O)CCNCc1cc(Br)ccc1O. The lowest BCUT2D eigenvalue weighted by molar-refractivity contribution is -0.121. The largest absolute Gasteiger partial charge is 0.508 e. The molecule has 1 aromatic carbocycles. The third-order valence-corrected chi connectivity index (χ3v) is 3.09. The molecule has 0 atom stereocenters. The van der Waals surface area contributed by atoms with Crippen LogP contribution in [-0.2, 0) is 11.3 Å². The fourth-order valence-electron chi connectivity index (χ4n) is 1.53. The van der Waals surface area contributed by atoms with Crippen LogP contribution in [0.25, 0.3) is 0 Å². The normalized spacial score (nSPS) is 10.7. The first-order valence-electron chi connectivity index (χ1n) is 6.44. The van der Waals surface area contributed by atoms with E-state index in [9.17, 15) is 9.90 Å². The third-order valence-electron chi connectivity index (χ3n) is 2.59. The Hall–Kier alpha value is -1.07. The second-order valence-electron chi connectivity index (χ2n) is 4.90. The zero-order valence-electron chi connectivity index (χ0n) is 11.4. The van der Waals surface area contributed by atoms with Crippen LogP contribution in [-0.4, -0.2) is 24.1 Å². The molecule has 0 radical (unpaired) electrons. The van der Waals surface area contributed by atoms with Crippen LogP contribution in [0.1, 0.15) is 25.8 Å². The van der Waals surface area contributed by atoms with Gasteiger partial charge in [0.25, 0.3) is 0 Å². The number of halogens is 1. The maximum atomic E-state index is 11.5. The summed E-state index contributed by atoms with van der Waals surface area (Å²) in [4.78, 5) is 11.5. The smallest absolute Gasteiger partial charge is 0.221 e. The van der Waals surface area contributed by atoms with Gasteiger partial charge in [0.15, 0.2) is 0 Å². The number of amides is 1. The molecule has 1 rings (SSSR count). The highest BCUT2D eigenvalue weighted by Gasteiger charge is 2.04. The molecule has 0 saturated carbocycles. The number of phenolic OH excluding ortho intramolecular Hbond substituents is 1. The molecule has 0 unspecified atom stereocenters. The standard InChI is InChI=1S/C14H21BrN2O2/c1-10(2)8-17-14(19)5-6-16-9-11-7-12(15)3-4-13(11)18/h3-4,7,10,16,18H,5-6,8-9H2,1-2H3,(H,17,19). The van der Waals surface area contributed by atoms with Crippen LogP contribution in [0.2, 0.25) is 0 Å². The lowest BCUT2D eigenvalue weighted by Gasteiger charge is -2.09. The molecule has 0 aliphatic heterocycles. The summed E-state index contributed by atoms with van der Waals surface area (Å²) < 4.78 is 0.928. The molecule has 5 heteroatoms. The summed E-state index contributed by atoms with van der Waals surface area (Å²) in [6, 6.07) is 5.30. The van der Waals surface area contributed by atoms with E-state index in [0.29, 0.717) is 32.0 Å². The molecule has 3 N–H and O–H groups in total. The van der Waals surface area contributed by atoms with Gasteiger partial charge in [-0.05, 0) is 24.1 Å². The number of carbonyl (C=O) groups excluding carboxylic acids is 1. The molecule has 4 nitrogen and oxygen atoms in total. The molecule has 0 saturated heterocycles. The second kappa shape index (κ2) is 8.17. The summed E-state index contributed by atoms with van der Waals surface area (Å²) >= 11 is 3.36. The number of rotatable bonds is 7. The molecular formula is C14H21BrN2O2. The summed E-state index contributed by atoms with van der Waals surface area (Å²) in [5, 5.41) is 15.7. The molecule has 0 heterocycles. The number of aromatic hydroxyl groups is 1. The van der Waals surface area contributed by atoms with Gasteiger partial charge < -0.3 is 15.7 Å². The highest BCUT2D eigenvalue weighted by Crippen LogP contribution is 2.21. The van der Waals surface area contributed by atoms with Gasteiger partial charge in [0, 0.05) is 36.1 Å². The monoisotopic (exact) mass is 328 g/mol. The number of hydrogen-bond acceptors (Lipinski definition) is 3. The lowest BCUT2D eigenvalue weighted by Crippen LogP contribution is -2.30. The Morgan fingerprint density at radius 1 is 1.42 bits per heavy atom. The van der Waals surface area contributed by atoms with Gasteiger partial charge in [0.05, 0.1) is 0 Å². The fraction of sp³-hybridized carbons (Fsp3) is 0.500. The summed E-state index contributed by atoms with van der Waals surface area (Å²) in [6.45, 7) is 5.98. The van der Waals surface area contributed by atoms with E-state index in [-0.39, 0.29) is 11.7 Å². The predicted molar refractivity (Wildman–Crippen MR) is 80.0 cm³/mol. The summed E-state index contributed by atoms with van der Waals surface area (Å²) in [5.41, 5.74) is 0.817. The highest BCUT2D eigenvalue weighted by molar-refractivity contribution is 9.10. The first-order valence-corrected chi connectivity index (χ1v) is 7.23. The Bertz CT molecular complexity index is 422. The van der Waals surface area contributed by atoms with Crippen LogP contribution in [0.4, 0.5) is 0 Å². The Morgan fingerprint density at radius 3 is 2.84 bits per heavy atom. The molecule has 106 valence electrons. The van der Waals surface area contributed by atoms with Crippen LogP contribution >= 0.6 is 15.9 Å². The van der Waals surface area contributed by atoms with E-state index in [1.165, 1.54) is 0 Å². The van der Waals surface area contributed by atoms with Crippen molar-refractivity contribution < 1.29 is 9.90 Å². The molecule has 1 amide bonds. The number of hydrogen-bond donors (Lipinski definition) is 3. The van der Waals surface area contributed by atoms with Gasteiger partial charge in [-0.25, -0.2) is 0 Å². The molecule has 0 aromatic heterocycles. The minimum absolute atomic E-state index is 0.0552. The van der Waals surface area contributed by atoms with Crippen molar-refractivity contribution in [3.63, 3.8) is 0 Å². The number of nitrogens with one attached hydrogen (secondary N) is 2. The molecule has 0 fully saturated rings. The van der Waals surface area contributed by atoms with E-state index in [2.05, 4.69) is 40.4 Å². The van der Waals surface area contributed by atoms with Crippen molar-refractivity contribution in [1.29, 1.82) is 0 Å². The lowest BCUT2D eigenvalue weighted by atomic mass is 10.2. The zero-order chi connectivity index (χ0) is 14.3. The first kappa shape index (κ1) is 16.0. The maximum Gasteiger partial charge on any atom is 0.221 e. The van der Waals surface area contributed by atoms with Gasteiger partial charge in [0.1, 0.15) is 5.75 Å². The fourth-order valence-corrected chi connectivity index (χ4v) is 1.94. The van der Waals surface area contributed by atoms with Crippen molar-refractivity contribution in [3.8, 4) is 5.75 Å². The van der Waals surface area contributed by atoms with E-state index in [1.807, 2.05) is 6.07 Å². The van der Waals surface area contributed by atoms with Crippen molar-refractivity contribution in [3.05, 3.63) is 28.2 Å². The van der Waals surface area contributed by atoms with E-state index in [0.717, 1.165) is 10.0 Å². The van der Waals surface area contributed by atoms with E-state index in [1.54, 1.807) is 12.1 Å². The molecule has 1 aromatic rings. The Labute approximate surface area is 122 Å². The van der Waals surface area contributed by atoms with Gasteiger partial charge in [-0.15, -0.1) is 0 Å². The van der Waals surface area contributed by atoms with Crippen LogP contribution in [0.15, 0.2) is 22.7 Å². The zero-order valence-corrected chi connectivity index (χ0v) is 13.0. The molecule has 0 aliphatic rings. The van der Waals surface area contributed by atoms with Crippen LogP contribution < -0.4 is 10.6 Å². The van der Waals surface area contributed by atoms with Crippen molar-refractivity contribution in [2.45, 2.75) is 26.8 Å². The van der Waals surface area contributed by atoms with Gasteiger partial charge >= 0.3 is 0 Å². The summed E-state index contributed by atoms with van der Waals surface area (Å²) in [7, 11) is 0. The number of carbonyl (C=O) groups is 1. The minimum Gasteiger partial charge on any atom is -0.508 e. The maximum absolute atomic E-state index is 11.5. The predicted octanol–water partition coefficient (Wildman–Crippen LogP) is 2.41. The first-order chi connectivity index (χ1) is 8.99. The Balaban J connectivity index is 2.23. The minimum atomic E-state index is 0.0552. The van der Waals surface area contributed by atoms with Crippen molar-refractivity contribution in [1.82, 2.24) is 10.6 Å². The van der Waals surface area contributed by atoms with E-state index in [4.69, 9.17) is 0 Å². The summed E-state index contributed by atoms with van der Waals surface area (Å²) in [6.07, 6.45) is 0.446. The molecule has 0 bridgehead atoms. The molecule has 0 aliphatic carbocycles. The van der Waals surface area contributed by atoms with Crippen molar-refractivity contribution in [2.24, 2.45) is 5.92 Å². The highest BCUT2D eigenvalue weighted by atomic mass is 79.9. The van der Waals surface area contributed by atoms with E-state index >= 15 is 0 Å². The number of benzene rings is 1. The Kier molecular flexibility index (Phi) is 6.87. The molecule has 0 spiro atoms. The topological polar surface area (TPSA) is 61.4 Å². The van der Waals surface area contributed by atoms with Gasteiger partial charge in [-0.3, -0.25) is 4.79 Å². The average molecular weight is 329 g/mol. The van der Waals surface area contributed by atoms with Gasteiger partial charge in [-0.2, -0.15) is 0 Å². The Morgan fingerprint density at radius 2 is 2.16 bits per heavy atom. The second-order valence-corrected chi connectivity index (χ2v) is 5.81. The average Bonchev–Trinajstić information content (AvgIpc) is 2.36. The number of phenols is 1. The quantitative estimate of drug-likeness (QED) is 0.673. The molecule has 19 heavy (non-hydrogen) atoms. The summed E-state index contributed by atoms with van der Waals surface area (Å²) in [5.74, 6) is 0.787. The van der Waals surface area contributed by atoms with Crippen molar-refractivity contribution >= 4 is 21.8 Å². The molecular weight excluding hydrogens is 308 g/mol.